The maximum atomic E-state index is 11.4. The number of hydrogen-bond donors (Lipinski definition) is 1. The Morgan fingerprint density at radius 1 is 1.32 bits per heavy atom. The lowest BCUT2D eigenvalue weighted by atomic mass is 9.98. The van der Waals surface area contributed by atoms with Gasteiger partial charge >= 0.3 is 5.97 Å². The summed E-state index contributed by atoms with van der Waals surface area (Å²) in [5, 5.41) is 9.88. The number of rotatable bonds is 4. The number of halogens is 1. The number of aliphatic carboxylic acids is 1. The molecule has 0 aliphatic carbocycles. The zero-order valence-electron chi connectivity index (χ0n) is 10.4. The van der Waals surface area contributed by atoms with Crippen molar-refractivity contribution in [1.82, 2.24) is 9.97 Å². The summed E-state index contributed by atoms with van der Waals surface area (Å²) >= 11 is 6.05. The predicted molar refractivity (Wildman–Crippen MR) is 72.3 cm³/mol. The van der Waals surface area contributed by atoms with Crippen molar-refractivity contribution in [3.63, 3.8) is 0 Å². The number of aryl methyl sites for hydroxylation is 1. The van der Waals surface area contributed by atoms with Crippen molar-refractivity contribution < 1.29 is 9.90 Å². The first-order chi connectivity index (χ1) is 9.08. The summed E-state index contributed by atoms with van der Waals surface area (Å²) in [5.41, 5.74) is 1.67. The van der Waals surface area contributed by atoms with E-state index in [2.05, 4.69) is 9.97 Å². The fourth-order valence-electron chi connectivity index (χ4n) is 1.76. The van der Waals surface area contributed by atoms with Gasteiger partial charge < -0.3 is 5.11 Å². The van der Waals surface area contributed by atoms with Gasteiger partial charge in [-0.15, -0.1) is 0 Å². The highest BCUT2D eigenvalue weighted by molar-refractivity contribution is 6.31. The molecular weight excluding hydrogens is 264 g/mol. The molecule has 0 aliphatic heterocycles. The molecule has 1 aromatic heterocycles. The first kappa shape index (κ1) is 13.5. The second kappa shape index (κ2) is 5.80. The van der Waals surface area contributed by atoms with Gasteiger partial charge in [0.1, 0.15) is 11.7 Å². The molecule has 0 spiro atoms. The third-order valence-electron chi connectivity index (χ3n) is 2.79. The van der Waals surface area contributed by atoms with Gasteiger partial charge in [0, 0.05) is 17.4 Å². The summed E-state index contributed by atoms with van der Waals surface area (Å²) in [5.74, 6) is -1.44. The average Bonchev–Trinajstić information content (AvgIpc) is 2.39. The van der Waals surface area contributed by atoms with E-state index in [4.69, 9.17) is 11.6 Å². The van der Waals surface area contributed by atoms with E-state index in [0.717, 1.165) is 11.1 Å². The Morgan fingerprint density at radius 3 is 2.53 bits per heavy atom. The lowest BCUT2D eigenvalue weighted by Gasteiger charge is -2.12. The molecule has 0 radical (unpaired) electrons. The lowest BCUT2D eigenvalue weighted by molar-refractivity contribution is -0.139. The smallest absolute Gasteiger partial charge is 0.314 e. The fraction of sp³-hybridized carbons (Fsp3) is 0.214. The molecule has 2 aromatic rings. The molecule has 5 heteroatoms. The molecule has 0 amide bonds. The zero-order chi connectivity index (χ0) is 13.8. The lowest BCUT2D eigenvalue weighted by Crippen LogP contribution is -2.17. The highest BCUT2D eigenvalue weighted by Gasteiger charge is 2.23. The van der Waals surface area contributed by atoms with Crippen LogP contribution in [-0.2, 0) is 11.2 Å². The normalized spacial score (nSPS) is 12.1. The number of benzene rings is 1. The molecule has 1 N–H and O–H groups in total. The van der Waals surface area contributed by atoms with Crippen molar-refractivity contribution in [2.45, 2.75) is 19.3 Å². The molecule has 98 valence electrons. The first-order valence-corrected chi connectivity index (χ1v) is 6.20. The van der Waals surface area contributed by atoms with Gasteiger partial charge in [-0.3, -0.25) is 4.79 Å². The highest BCUT2D eigenvalue weighted by atomic mass is 35.5. The Kier molecular flexibility index (Phi) is 4.12. The van der Waals surface area contributed by atoms with Crippen LogP contribution in [0.2, 0.25) is 5.02 Å². The Labute approximate surface area is 116 Å². The van der Waals surface area contributed by atoms with E-state index in [1.165, 1.54) is 0 Å². The van der Waals surface area contributed by atoms with Gasteiger partial charge in [-0.05, 0) is 30.5 Å². The number of carboxylic acids is 1. The van der Waals surface area contributed by atoms with Crippen LogP contribution in [0.5, 0.6) is 0 Å². The van der Waals surface area contributed by atoms with Crippen LogP contribution in [0, 0.1) is 6.92 Å². The monoisotopic (exact) mass is 276 g/mol. The maximum Gasteiger partial charge on any atom is 0.314 e. The minimum atomic E-state index is -0.955. The summed E-state index contributed by atoms with van der Waals surface area (Å²) in [6, 6.07) is 7.19. The molecule has 1 atom stereocenters. The SMILES string of the molecule is Cc1cnc(C(Cc2ccccc2Cl)C(=O)O)nc1. The molecule has 1 heterocycles. The minimum absolute atomic E-state index is 0.276. The first-order valence-electron chi connectivity index (χ1n) is 5.82. The number of aromatic nitrogens is 2. The standard InChI is InChI=1S/C14H13ClN2O2/c1-9-7-16-13(17-8-9)11(14(18)19)6-10-4-2-3-5-12(10)15/h2-5,7-8,11H,6H2,1H3,(H,18,19). The van der Waals surface area contributed by atoms with Crippen LogP contribution in [0.15, 0.2) is 36.7 Å². The number of nitrogens with zero attached hydrogens (tertiary/aromatic N) is 2. The molecule has 19 heavy (non-hydrogen) atoms. The summed E-state index contributed by atoms with van der Waals surface area (Å²) in [6.45, 7) is 1.85. The van der Waals surface area contributed by atoms with Crippen molar-refractivity contribution in [2.75, 3.05) is 0 Å². The second-order valence-electron chi connectivity index (χ2n) is 4.30. The summed E-state index contributed by atoms with van der Waals surface area (Å²) in [7, 11) is 0. The zero-order valence-corrected chi connectivity index (χ0v) is 11.1. The molecule has 0 bridgehead atoms. The fourth-order valence-corrected chi connectivity index (χ4v) is 1.97. The topological polar surface area (TPSA) is 63.1 Å². The Bertz CT molecular complexity index is 584. The van der Waals surface area contributed by atoms with Crippen LogP contribution in [0.4, 0.5) is 0 Å². The van der Waals surface area contributed by atoms with Gasteiger partial charge in [-0.2, -0.15) is 0 Å². The van der Waals surface area contributed by atoms with Crippen molar-refractivity contribution in [2.24, 2.45) is 0 Å². The highest BCUT2D eigenvalue weighted by Crippen LogP contribution is 2.23. The van der Waals surface area contributed by atoms with E-state index in [9.17, 15) is 9.90 Å². The number of hydrogen-bond acceptors (Lipinski definition) is 3. The summed E-state index contributed by atoms with van der Waals surface area (Å²) in [6.07, 6.45) is 3.51. The van der Waals surface area contributed by atoms with E-state index < -0.39 is 11.9 Å². The van der Waals surface area contributed by atoms with Gasteiger partial charge in [0.25, 0.3) is 0 Å². The molecule has 0 saturated carbocycles. The average molecular weight is 277 g/mol. The second-order valence-corrected chi connectivity index (χ2v) is 4.71. The molecule has 1 unspecified atom stereocenters. The van der Waals surface area contributed by atoms with Crippen LogP contribution in [0.25, 0.3) is 0 Å². The van der Waals surface area contributed by atoms with E-state index in [0.29, 0.717) is 10.8 Å². The van der Waals surface area contributed by atoms with Gasteiger partial charge in [0.05, 0.1) is 0 Å². The van der Waals surface area contributed by atoms with Crippen molar-refractivity contribution in [1.29, 1.82) is 0 Å². The van der Waals surface area contributed by atoms with E-state index in [1.54, 1.807) is 18.5 Å². The summed E-state index contributed by atoms with van der Waals surface area (Å²) in [4.78, 5) is 19.6. The minimum Gasteiger partial charge on any atom is -0.481 e. The molecule has 0 aliphatic rings. The van der Waals surface area contributed by atoms with E-state index >= 15 is 0 Å². The number of carbonyl (C=O) groups is 1. The number of carboxylic acid groups (broad SMARTS) is 1. The van der Waals surface area contributed by atoms with Crippen LogP contribution in [0.1, 0.15) is 22.9 Å². The third-order valence-corrected chi connectivity index (χ3v) is 3.16. The Hall–Kier alpha value is -1.94. The van der Waals surface area contributed by atoms with E-state index in [-0.39, 0.29) is 6.42 Å². The molecule has 0 fully saturated rings. The molecular formula is C14H13ClN2O2. The van der Waals surface area contributed by atoms with Gasteiger partial charge in [0.2, 0.25) is 0 Å². The van der Waals surface area contributed by atoms with Crippen LogP contribution >= 0.6 is 11.6 Å². The largest absolute Gasteiger partial charge is 0.481 e. The van der Waals surface area contributed by atoms with Gasteiger partial charge in [-0.1, -0.05) is 29.8 Å². The summed E-state index contributed by atoms with van der Waals surface area (Å²) < 4.78 is 0. The van der Waals surface area contributed by atoms with Gasteiger partial charge in [0.15, 0.2) is 0 Å². The molecule has 2 rings (SSSR count). The van der Waals surface area contributed by atoms with Crippen molar-refractivity contribution >= 4 is 17.6 Å². The van der Waals surface area contributed by atoms with Crippen molar-refractivity contribution in [3.05, 3.63) is 58.6 Å². The Balaban J connectivity index is 2.29. The van der Waals surface area contributed by atoms with Crippen LogP contribution in [-0.4, -0.2) is 21.0 Å². The molecule has 0 saturated heterocycles. The predicted octanol–water partition coefficient (Wildman–Crippen LogP) is 2.85. The maximum absolute atomic E-state index is 11.4. The van der Waals surface area contributed by atoms with Crippen LogP contribution < -0.4 is 0 Å². The van der Waals surface area contributed by atoms with Crippen molar-refractivity contribution in [3.8, 4) is 0 Å². The third kappa shape index (κ3) is 3.29. The van der Waals surface area contributed by atoms with Gasteiger partial charge in [-0.25, -0.2) is 9.97 Å². The quantitative estimate of drug-likeness (QED) is 0.933. The molecule has 4 nitrogen and oxygen atoms in total. The van der Waals surface area contributed by atoms with E-state index in [1.807, 2.05) is 25.1 Å². The van der Waals surface area contributed by atoms with Crippen LogP contribution in [0.3, 0.4) is 0 Å². The Morgan fingerprint density at radius 2 is 1.95 bits per heavy atom. The molecule has 1 aromatic carbocycles.